The van der Waals surface area contributed by atoms with Crippen LogP contribution in [0.5, 0.6) is 0 Å². The van der Waals surface area contributed by atoms with Crippen molar-refractivity contribution in [1.82, 2.24) is 24.1 Å². The van der Waals surface area contributed by atoms with Gasteiger partial charge < -0.3 is 4.57 Å². The Labute approximate surface area is 173 Å². The van der Waals surface area contributed by atoms with Crippen molar-refractivity contribution in [1.29, 1.82) is 5.26 Å². The third-order valence-corrected chi connectivity index (χ3v) is 4.75. The van der Waals surface area contributed by atoms with E-state index in [0.717, 1.165) is 10.1 Å². The summed E-state index contributed by atoms with van der Waals surface area (Å²) in [4.78, 5) is 37.6. The highest BCUT2D eigenvalue weighted by Gasteiger charge is 2.18. The second kappa shape index (κ2) is 7.47. The van der Waals surface area contributed by atoms with E-state index in [2.05, 4.69) is 15.0 Å². The molecule has 0 saturated heterocycles. The van der Waals surface area contributed by atoms with Gasteiger partial charge in [0, 0.05) is 24.2 Å². The Balaban J connectivity index is 1.87. The van der Waals surface area contributed by atoms with Crippen LogP contribution in [0.25, 0.3) is 17.1 Å². The minimum atomic E-state index is -0.763. The molecular weight excluding hydrogens is 415 g/mol. The molecule has 142 valence electrons. The molecule has 2 aromatic rings. The van der Waals surface area contributed by atoms with Gasteiger partial charge in [-0.05, 0) is 41.9 Å². The minimum absolute atomic E-state index is 0.124. The normalized spacial score (nSPS) is 10.8. The SMILES string of the molecule is N#Cc1cc(-n2c(=O)nc3n(Cc4cnc(Cl)nc4)cccc-3c2=O)ccc1Cl. The molecule has 10 heteroatoms. The molecule has 1 aromatic heterocycles. The second-order valence-corrected chi connectivity index (χ2v) is 6.79. The number of pyridine rings is 1. The Morgan fingerprint density at radius 1 is 1.10 bits per heavy atom. The van der Waals surface area contributed by atoms with Crippen molar-refractivity contribution in [3.63, 3.8) is 0 Å². The zero-order valence-corrected chi connectivity index (χ0v) is 16.1. The summed E-state index contributed by atoms with van der Waals surface area (Å²) in [5.41, 5.74) is 0.0318. The number of hydrogen-bond donors (Lipinski definition) is 0. The molecule has 0 saturated carbocycles. The first-order chi connectivity index (χ1) is 14.0. The Bertz CT molecular complexity index is 1360. The average molecular weight is 425 g/mol. The summed E-state index contributed by atoms with van der Waals surface area (Å²) in [6, 6.07) is 9.51. The van der Waals surface area contributed by atoms with Gasteiger partial charge in [0.2, 0.25) is 5.28 Å². The molecule has 0 aliphatic carbocycles. The van der Waals surface area contributed by atoms with Gasteiger partial charge in [-0.15, -0.1) is 0 Å². The molecule has 29 heavy (non-hydrogen) atoms. The molecule has 1 aromatic carbocycles. The fourth-order valence-corrected chi connectivity index (χ4v) is 3.15. The third kappa shape index (κ3) is 3.49. The van der Waals surface area contributed by atoms with E-state index in [-0.39, 0.29) is 32.9 Å². The highest BCUT2D eigenvalue weighted by Crippen LogP contribution is 2.19. The average Bonchev–Trinajstić information content (AvgIpc) is 2.71. The molecule has 0 unspecified atom stereocenters. The lowest BCUT2D eigenvalue weighted by molar-refractivity contribution is 0.747. The molecule has 2 aliphatic heterocycles. The van der Waals surface area contributed by atoms with Gasteiger partial charge in [0.1, 0.15) is 6.07 Å². The summed E-state index contributed by atoms with van der Waals surface area (Å²) in [5.74, 6) is 0.225. The van der Waals surface area contributed by atoms with Gasteiger partial charge in [-0.2, -0.15) is 10.2 Å². The van der Waals surface area contributed by atoms with Crippen molar-refractivity contribution in [2.45, 2.75) is 6.54 Å². The summed E-state index contributed by atoms with van der Waals surface area (Å²) in [6.45, 7) is 0.296. The highest BCUT2D eigenvalue weighted by molar-refractivity contribution is 6.31. The number of nitriles is 1. The van der Waals surface area contributed by atoms with Gasteiger partial charge in [0.05, 0.1) is 28.4 Å². The smallest absolute Gasteiger partial charge is 0.328 e. The summed E-state index contributed by atoms with van der Waals surface area (Å²) < 4.78 is 2.56. The maximum Gasteiger partial charge on any atom is 0.357 e. The maximum absolute atomic E-state index is 13.0. The fraction of sp³-hybridized carbons (Fsp3) is 0.0526. The zero-order chi connectivity index (χ0) is 20.5. The van der Waals surface area contributed by atoms with Crippen LogP contribution < -0.4 is 11.2 Å². The van der Waals surface area contributed by atoms with Gasteiger partial charge in [0.25, 0.3) is 5.56 Å². The fourth-order valence-electron chi connectivity index (χ4n) is 2.89. The van der Waals surface area contributed by atoms with Crippen molar-refractivity contribution in [3.05, 3.63) is 91.2 Å². The molecule has 0 radical (unpaired) electrons. The maximum atomic E-state index is 13.0. The van der Waals surface area contributed by atoms with Crippen molar-refractivity contribution < 1.29 is 0 Å². The van der Waals surface area contributed by atoms with E-state index < -0.39 is 11.2 Å². The van der Waals surface area contributed by atoms with Gasteiger partial charge in [-0.25, -0.2) is 19.3 Å². The van der Waals surface area contributed by atoms with Crippen molar-refractivity contribution in [2.75, 3.05) is 0 Å². The summed E-state index contributed by atoms with van der Waals surface area (Å²) in [5, 5.41) is 9.51. The van der Waals surface area contributed by atoms with Crippen LogP contribution in [0.4, 0.5) is 0 Å². The molecule has 4 rings (SSSR count). The van der Waals surface area contributed by atoms with E-state index in [1.54, 1.807) is 35.3 Å². The molecule has 0 spiro atoms. The first-order valence-electron chi connectivity index (χ1n) is 8.26. The van der Waals surface area contributed by atoms with E-state index in [9.17, 15) is 9.59 Å². The van der Waals surface area contributed by atoms with E-state index >= 15 is 0 Å². The highest BCUT2D eigenvalue weighted by atomic mass is 35.5. The second-order valence-electron chi connectivity index (χ2n) is 6.04. The van der Waals surface area contributed by atoms with E-state index in [1.807, 2.05) is 6.07 Å². The van der Waals surface area contributed by atoms with Crippen LogP contribution >= 0.6 is 23.2 Å². The van der Waals surface area contributed by atoms with Gasteiger partial charge in [-0.1, -0.05) is 11.6 Å². The van der Waals surface area contributed by atoms with Gasteiger partial charge in [-0.3, -0.25) is 4.79 Å². The monoisotopic (exact) mass is 424 g/mol. The number of rotatable bonds is 3. The standard InChI is InChI=1S/C19H10Cl2N6O2/c20-15-4-3-13(6-12(15)7-22)27-17(28)14-2-1-5-26(16(14)25-19(27)29)10-11-8-23-18(21)24-9-11/h1-6,8-9H,10H2. The quantitative estimate of drug-likeness (QED) is 0.467. The van der Waals surface area contributed by atoms with Crippen LogP contribution in [0.1, 0.15) is 11.1 Å². The van der Waals surface area contributed by atoms with Crippen LogP contribution in [0.2, 0.25) is 10.3 Å². The number of fused-ring (bicyclic) bond motifs is 1. The van der Waals surface area contributed by atoms with Crippen molar-refractivity contribution in [3.8, 4) is 23.1 Å². The van der Waals surface area contributed by atoms with Crippen LogP contribution in [-0.4, -0.2) is 24.1 Å². The third-order valence-electron chi connectivity index (χ3n) is 4.22. The van der Waals surface area contributed by atoms with E-state index in [0.29, 0.717) is 6.54 Å². The topological polar surface area (TPSA) is 106 Å². The lowest BCUT2D eigenvalue weighted by atomic mass is 10.2. The first-order valence-corrected chi connectivity index (χ1v) is 9.02. The molecule has 2 aliphatic rings. The first kappa shape index (κ1) is 18.8. The zero-order valence-electron chi connectivity index (χ0n) is 14.6. The molecule has 3 heterocycles. The molecule has 0 amide bonds. The van der Waals surface area contributed by atoms with Gasteiger partial charge >= 0.3 is 5.69 Å². The summed E-state index contributed by atoms with van der Waals surface area (Å²) in [7, 11) is 0. The molecule has 0 fully saturated rings. The van der Waals surface area contributed by atoms with Crippen molar-refractivity contribution >= 4 is 23.2 Å². The Hall–Kier alpha value is -3.54. The number of aromatic nitrogens is 5. The number of hydrogen-bond acceptors (Lipinski definition) is 6. The summed E-state index contributed by atoms with van der Waals surface area (Å²) in [6.07, 6.45) is 4.80. The molecular formula is C19H10Cl2N6O2. The lowest BCUT2D eigenvalue weighted by Crippen LogP contribution is -2.36. The van der Waals surface area contributed by atoms with Crippen LogP contribution in [0, 0.1) is 11.3 Å². The predicted octanol–water partition coefficient (Wildman–Crippen LogP) is 2.52. The van der Waals surface area contributed by atoms with E-state index in [1.165, 1.54) is 18.2 Å². The lowest BCUT2D eigenvalue weighted by Gasteiger charge is -2.15. The predicted molar refractivity (Wildman–Crippen MR) is 107 cm³/mol. The van der Waals surface area contributed by atoms with Crippen molar-refractivity contribution in [2.24, 2.45) is 0 Å². The Morgan fingerprint density at radius 2 is 1.86 bits per heavy atom. The minimum Gasteiger partial charge on any atom is -0.328 e. The van der Waals surface area contributed by atoms with E-state index in [4.69, 9.17) is 28.5 Å². The largest absolute Gasteiger partial charge is 0.357 e. The molecule has 8 nitrogen and oxygen atoms in total. The van der Waals surface area contributed by atoms with Crippen LogP contribution in [0.15, 0.2) is 58.5 Å². The Kier molecular flexibility index (Phi) is 4.84. The molecule has 0 atom stereocenters. The van der Waals surface area contributed by atoms with Crippen LogP contribution in [-0.2, 0) is 6.54 Å². The van der Waals surface area contributed by atoms with Gasteiger partial charge in [0.15, 0.2) is 5.82 Å². The van der Waals surface area contributed by atoms with Crippen LogP contribution in [0.3, 0.4) is 0 Å². The molecule has 0 N–H and O–H groups in total. The Morgan fingerprint density at radius 3 is 2.59 bits per heavy atom. The summed E-state index contributed by atoms with van der Waals surface area (Å²) >= 11 is 11.6. The molecule has 0 bridgehead atoms. The number of nitrogens with zero attached hydrogens (tertiary/aromatic N) is 6. The number of benzene rings is 1. The number of halogens is 2.